The second-order valence-electron chi connectivity index (χ2n) is 2.66. The van der Waals surface area contributed by atoms with E-state index in [0.29, 0.717) is 6.54 Å². The van der Waals surface area contributed by atoms with Crippen LogP contribution in [-0.2, 0) is 13.2 Å². The molecule has 0 saturated heterocycles. The van der Waals surface area contributed by atoms with Gasteiger partial charge in [-0.05, 0) is 19.1 Å². The number of aliphatic hydroxyl groups excluding tert-OH is 2. The molecule has 1 aromatic rings. The highest BCUT2D eigenvalue weighted by molar-refractivity contribution is 5.05. The summed E-state index contributed by atoms with van der Waals surface area (Å²) in [6, 6.07) is 3.69. The van der Waals surface area contributed by atoms with E-state index in [4.69, 9.17) is 10.2 Å². The predicted octanol–water partition coefficient (Wildman–Crippen LogP) is 0.361. The van der Waals surface area contributed by atoms with Crippen LogP contribution in [0.2, 0.25) is 0 Å². The van der Waals surface area contributed by atoms with E-state index >= 15 is 0 Å². The van der Waals surface area contributed by atoms with Crippen molar-refractivity contribution in [3.05, 3.63) is 24.0 Å². The van der Waals surface area contributed by atoms with Gasteiger partial charge in [-0.25, -0.2) is 0 Å². The maximum atomic E-state index is 9.04. The maximum absolute atomic E-state index is 9.04. The summed E-state index contributed by atoms with van der Waals surface area (Å²) in [6.07, 6.45) is 1.48. The zero-order valence-corrected chi connectivity index (χ0v) is 6.57. The molecule has 0 aromatic carbocycles. The SMILES string of the molecule is CC(O)Cn1cccc1CO. The molecule has 3 heteroatoms. The van der Waals surface area contributed by atoms with Gasteiger partial charge >= 0.3 is 0 Å². The minimum absolute atomic E-state index is 0.0275. The lowest BCUT2D eigenvalue weighted by atomic mass is 10.4. The molecular weight excluding hydrogens is 142 g/mol. The summed E-state index contributed by atoms with van der Waals surface area (Å²) in [5.41, 5.74) is 0.839. The van der Waals surface area contributed by atoms with Gasteiger partial charge in [0.15, 0.2) is 0 Å². The highest BCUT2D eigenvalue weighted by atomic mass is 16.3. The van der Waals surface area contributed by atoms with Crippen molar-refractivity contribution in [3.63, 3.8) is 0 Å². The molecule has 1 unspecified atom stereocenters. The van der Waals surface area contributed by atoms with Gasteiger partial charge in [-0.2, -0.15) is 0 Å². The molecule has 0 spiro atoms. The normalized spacial score (nSPS) is 13.4. The van der Waals surface area contributed by atoms with E-state index in [1.807, 2.05) is 22.9 Å². The second kappa shape index (κ2) is 3.55. The van der Waals surface area contributed by atoms with Crippen LogP contribution in [0.1, 0.15) is 12.6 Å². The Morgan fingerprint density at radius 3 is 2.91 bits per heavy atom. The number of hydrogen-bond donors (Lipinski definition) is 2. The highest BCUT2D eigenvalue weighted by Gasteiger charge is 2.01. The van der Waals surface area contributed by atoms with Crippen LogP contribution in [0.4, 0.5) is 0 Å². The van der Waals surface area contributed by atoms with Gasteiger partial charge in [-0.3, -0.25) is 0 Å². The molecule has 0 aliphatic rings. The van der Waals surface area contributed by atoms with Crippen LogP contribution in [0.3, 0.4) is 0 Å². The van der Waals surface area contributed by atoms with Crippen molar-refractivity contribution in [3.8, 4) is 0 Å². The monoisotopic (exact) mass is 155 g/mol. The molecule has 0 bridgehead atoms. The first kappa shape index (κ1) is 8.30. The Balaban J connectivity index is 2.68. The Labute approximate surface area is 65.9 Å². The summed E-state index contributed by atoms with van der Waals surface area (Å²) >= 11 is 0. The molecule has 1 aromatic heterocycles. The number of aromatic nitrogens is 1. The minimum atomic E-state index is -0.368. The molecule has 0 saturated carbocycles. The van der Waals surface area contributed by atoms with Crippen LogP contribution in [0.25, 0.3) is 0 Å². The van der Waals surface area contributed by atoms with Crippen LogP contribution < -0.4 is 0 Å². The maximum Gasteiger partial charge on any atom is 0.0832 e. The van der Waals surface area contributed by atoms with Gasteiger partial charge < -0.3 is 14.8 Å². The summed E-state index contributed by atoms with van der Waals surface area (Å²) in [4.78, 5) is 0. The van der Waals surface area contributed by atoms with Crippen molar-refractivity contribution in [2.24, 2.45) is 0 Å². The van der Waals surface area contributed by atoms with Gasteiger partial charge in [0.25, 0.3) is 0 Å². The lowest BCUT2D eigenvalue weighted by molar-refractivity contribution is 0.169. The van der Waals surface area contributed by atoms with Crippen molar-refractivity contribution >= 4 is 0 Å². The van der Waals surface area contributed by atoms with Crippen molar-refractivity contribution in [1.82, 2.24) is 4.57 Å². The van der Waals surface area contributed by atoms with Crippen LogP contribution >= 0.6 is 0 Å². The largest absolute Gasteiger partial charge is 0.392 e. The molecule has 2 N–H and O–H groups in total. The van der Waals surface area contributed by atoms with Crippen molar-refractivity contribution < 1.29 is 10.2 Å². The summed E-state index contributed by atoms with van der Waals surface area (Å²) in [5, 5.41) is 17.9. The molecule has 3 nitrogen and oxygen atoms in total. The molecule has 0 amide bonds. The molecule has 62 valence electrons. The quantitative estimate of drug-likeness (QED) is 0.662. The molecule has 0 fully saturated rings. The molecule has 1 rings (SSSR count). The topological polar surface area (TPSA) is 45.4 Å². The Hall–Kier alpha value is -0.800. The van der Waals surface area contributed by atoms with Crippen molar-refractivity contribution in [2.75, 3.05) is 0 Å². The first-order valence-electron chi connectivity index (χ1n) is 3.67. The van der Waals surface area contributed by atoms with Gasteiger partial charge in [0.2, 0.25) is 0 Å². The summed E-state index contributed by atoms with van der Waals surface area (Å²) in [6.45, 7) is 2.30. The zero-order valence-electron chi connectivity index (χ0n) is 6.57. The van der Waals surface area contributed by atoms with Crippen LogP contribution in [0.15, 0.2) is 18.3 Å². The number of rotatable bonds is 3. The molecule has 1 atom stereocenters. The molecule has 11 heavy (non-hydrogen) atoms. The van der Waals surface area contributed by atoms with Crippen LogP contribution in [0.5, 0.6) is 0 Å². The van der Waals surface area contributed by atoms with Gasteiger partial charge in [0.1, 0.15) is 0 Å². The average molecular weight is 155 g/mol. The van der Waals surface area contributed by atoms with E-state index in [1.165, 1.54) is 0 Å². The van der Waals surface area contributed by atoms with E-state index < -0.39 is 0 Å². The third-order valence-corrected chi connectivity index (χ3v) is 1.55. The fourth-order valence-electron chi connectivity index (χ4n) is 1.06. The van der Waals surface area contributed by atoms with Gasteiger partial charge in [0.05, 0.1) is 12.7 Å². The zero-order chi connectivity index (χ0) is 8.27. The predicted molar refractivity (Wildman–Crippen MR) is 42.0 cm³/mol. The van der Waals surface area contributed by atoms with E-state index in [1.54, 1.807) is 6.92 Å². The van der Waals surface area contributed by atoms with E-state index in [0.717, 1.165) is 5.69 Å². The molecular formula is C8H13NO2. The summed E-state index contributed by atoms with van der Waals surface area (Å²) < 4.78 is 1.84. The summed E-state index contributed by atoms with van der Waals surface area (Å²) in [7, 11) is 0. The van der Waals surface area contributed by atoms with Gasteiger partial charge in [-0.15, -0.1) is 0 Å². The fourth-order valence-corrected chi connectivity index (χ4v) is 1.06. The van der Waals surface area contributed by atoms with Crippen LogP contribution in [0, 0.1) is 0 Å². The minimum Gasteiger partial charge on any atom is -0.392 e. The molecule has 0 aliphatic carbocycles. The van der Waals surface area contributed by atoms with Crippen molar-refractivity contribution in [1.29, 1.82) is 0 Å². The smallest absolute Gasteiger partial charge is 0.0832 e. The Morgan fingerprint density at radius 2 is 2.36 bits per heavy atom. The van der Waals surface area contributed by atoms with Crippen LogP contribution in [-0.4, -0.2) is 20.9 Å². The van der Waals surface area contributed by atoms with E-state index in [2.05, 4.69) is 0 Å². The highest BCUT2D eigenvalue weighted by Crippen LogP contribution is 2.02. The third kappa shape index (κ3) is 2.06. The first-order valence-corrected chi connectivity index (χ1v) is 3.67. The number of nitrogens with zero attached hydrogens (tertiary/aromatic N) is 1. The fraction of sp³-hybridized carbons (Fsp3) is 0.500. The number of hydrogen-bond acceptors (Lipinski definition) is 2. The molecule has 1 heterocycles. The van der Waals surface area contributed by atoms with Crippen molar-refractivity contribution in [2.45, 2.75) is 26.2 Å². The Kier molecular flexibility index (Phi) is 2.68. The van der Waals surface area contributed by atoms with Gasteiger partial charge in [-0.1, -0.05) is 0 Å². The second-order valence-corrected chi connectivity index (χ2v) is 2.66. The Morgan fingerprint density at radius 1 is 1.64 bits per heavy atom. The third-order valence-electron chi connectivity index (χ3n) is 1.55. The lowest BCUT2D eigenvalue weighted by Crippen LogP contribution is -2.12. The average Bonchev–Trinajstić information content (AvgIpc) is 2.34. The number of aliphatic hydroxyl groups is 2. The molecule has 0 aliphatic heterocycles. The van der Waals surface area contributed by atoms with Gasteiger partial charge in [0, 0.05) is 18.4 Å². The van der Waals surface area contributed by atoms with E-state index in [9.17, 15) is 0 Å². The van der Waals surface area contributed by atoms with E-state index in [-0.39, 0.29) is 12.7 Å². The Bertz CT molecular complexity index is 218. The standard InChI is InChI=1S/C8H13NO2/c1-7(11)5-9-4-2-3-8(9)6-10/h2-4,7,10-11H,5-6H2,1H3. The molecule has 0 radical (unpaired) electrons. The summed E-state index contributed by atoms with van der Waals surface area (Å²) in [5.74, 6) is 0. The lowest BCUT2D eigenvalue weighted by Gasteiger charge is -2.08. The first-order chi connectivity index (χ1) is 5.24.